The molecule has 3 rings (SSSR count). The topological polar surface area (TPSA) is 73.2 Å². The number of cyclic esters (lactones) is 1. The van der Waals surface area contributed by atoms with Crippen LogP contribution in [0.4, 0.5) is 0 Å². The highest BCUT2D eigenvalue weighted by Gasteiger charge is 2.45. The molecule has 0 unspecified atom stereocenters. The molecule has 1 aliphatic rings. The number of carbonyl (C=O) groups is 2. The van der Waals surface area contributed by atoms with Crippen LogP contribution in [0, 0.1) is 5.92 Å². The van der Waals surface area contributed by atoms with E-state index in [2.05, 4.69) is 10.3 Å². The van der Waals surface area contributed by atoms with Gasteiger partial charge < -0.3 is 14.6 Å². The first-order chi connectivity index (χ1) is 11.5. The molecule has 1 aliphatic heterocycles. The molecule has 1 saturated heterocycles. The molecule has 0 spiro atoms. The van der Waals surface area contributed by atoms with Gasteiger partial charge in [-0.1, -0.05) is 30.3 Å². The van der Waals surface area contributed by atoms with Crippen LogP contribution in [0.25, 0.3) is 11.4 Å². The van der Waals surface area contributed by atoms with Crippen molar-refractivity contribution in [2.45, 2.75) is 32.4 Å². The molecule has 1 aromatic carbocycles. The van der Waals surface area contributed by atoms with Crippen LogP contribution in [-0.2, 0) is 20.9 Å². The minimum absolute atomic E-state index is 0.138. The zero-order valence-corrected chi connectivity index (χ0v) is 13.9. The number of hydrogen-bond donors (Lipinski definition) is 1. The Hall–Kier alpha value is -2.63. The van der Waals surface area contributed by atoms with Gasteiger partial charge >= 0.3 is 5.97 Å². The maximum absolute atomic E-state index is 12.3. The lowest BCUT2D eigenvalue weighted by Crippen LogP contribution is -2.41. The van der Waals surface area contributed by atoms with Gasteiger partial charge in [-0.25, -0.2) is 4.98 Å². The quantitative estimate of drug-likeness (QED) is 0.853. The summed E-state index contributed by atoms with van der Waals surface area (Å²) in [7, 11) is 0. The minimum atomic E-state index is -0.745. The number of nitrogens with zero attached hydrogens (tertiary/aromatic N) is 2. The molecule has 1 aromatic heterocycles. The molecule has 0 saturated carbocycles. The average molecular weight is 327 g/mol. The van der Waals surface area contributed by atoms with E-state index >= 15 is 0 Å². The number of ether oxygens (including phenoxy) is 1. The molecule has 0 radical (unpaired) electrons. The minimum Gasteiger partial charge on any atom is -0.459 e. The van der Waals surface area contributed by atoms with E-state index in [1.165, 1.54) is 0 Å². The van der Waals surface area contributed by atoms with Crippen molar-refractivity contribution in [2.75, 3.05) is 6.54 Å². The Labute approximate surface area is 140 Å². The lowest BCUT2D eigenvalue weighted by Gasteiger charge is -2.23. The van der Waals surface area contributed by atoms with Crippen LogP contribution in [0.5, 0.6) is 0 Å². The van der Waals surface area contributed by atoms with Crippen LogP contribution in [0.2, 0.25) is 0 Å². The molecular weight excluding hydrogens is 306 g/mol. The first-order valence-corrected chi connectivity index (χ1v) is 8.03. The molecule has 2 heterocycles. The Kier molecular flexibility index (Phi) is 4.38. The molecule has 2 aromatic rings. The number of carbonyl (C=O) groups excluding carboxylic acids is 2. The van der Waals surface area contributed by atoms with Crippen molar-refractivity contribution < 1.29 is 14.3 Å². The largest absolute Gasteiger partial charge is 0.459 e. The second-order valence-corrected chi connectivity index (χ2v) is 6.44. The second-order valence-electron chi connectivity index (χ2n) is 6.44. The fraction of sp³-hybridized carbons (Fsp3) is 0.389. The molecule has 24 heavy (non-hydrogen) atoms. The zero-order chi connectivity index (χ0) is 17.2. The van der Waals surface area contributed by atoms with Gasteiger partial charge in [0, 0.05) is 31.0 Å². The highest BCUT2D eigenvalue weighted by molar-refractivity contribution is 5.87. The van der Waals surface area contributed by atoms with Gasteiger partial charge in [-0.15, -0.1) is 0 Å². The molecule has 1 N–H and O–H groups in total. The first-order valence-electron chi connectivity index (χ1n) is 8.03. The highest BCUT2D eigenvalue weighted by atomic mass is 16.6. The summed E-state index contributed by atoms with van der Waals surface area (Å²) >= 11 is 0. The third-order valence-electron chi connectivity index (χ3n) is 4.30. The molecule has 1 amide bonds. The van der Waals surface area contributed by atoms with Gasteiger partial charge in [-0.05, 0) is 13.8 Å². The summed E-state index contributed by atoms with van der Waals surface area (Å²) in [6.07, 6.45) is 3.77. The summed E-state index contributed by atoms with van der Waals surface area (Å²) in [4.78, 5) is 28.1. The molecular formula is C18H21N3O3. The van der Waals surface area contributed by atoms with E-state index in [0.717, 1.165) is 11.4 Å². The summed E-state index contributed by atoms with van der Waals surface area (Å²) in [5.41, 5.74) is 0.288. The standard InChI is InChI=1S/C18H21N3O3/c1-18(2)14(12-15(22)24-18)17(23)20-9-11-21-10-8-19-16(21)13-6-4-3-5-7-13/h3-8,10,14H,9,11-12H2,1-2H3,(H,20,23)/t14-/m0/s1. The smallest absolute Gasteiger partial charge is 0.307 e. The Morgan fingerprint density at radius 1 is 1.38 bits per heavy atom. The Morgan fingerprint density at radius 2 is 2.12 bits per heavy atom. The lowest BCUT2D eigenvalue weighted by atomic mass is 9.90. The summed E-state index contributed by atoms with van der Waals surface area (Å²) in [5.74, 6) is -0.0423. The SMILES string of the molecule is CC1(C)OC(=O)C[C@H]1C(=O)NCCn1ccnc1-c1ccccc1. The fourth-order valence-electron chi connectivity index (χ4n) is 2.99. The van der Waals surface area contributed by atoms with Crippen molar-refractivity contribution in [1.29, 1.82) is 0 Å². The van der Waals surface area contributed by atoms with E-state index in [1.54, 1.807) is 20.0 Å². The maximum Gasteiger partial charge on any atom is 0.307 e. The first kappa shape index (κ1) is 16.2. The summed E-state index contributed by atoms with van der Waals surface area (Å²) < 4.78 is 7.19. The molecule has 6 nitrogen and oxygen atoms in total. The molecule has 1 atom stereocenters. The molecule has 0 bridgehead atoms. The van der Waals surface area contributed by atoms with Crippen LogP contribution in [-0.4, -0.2) is 33.6 Å². The van der Waals surface area contributed by atoms with Crippen molar-refractivity contribution in [1.82, 2.24) is 14.9 Å². The predicted octanol–water partition coefficient (Wildman–Crippen LogP) is 2.01. The number of nitrogens with one attached hydrogen (secondary N) is 1. The number of rotatable bonds is 5. The van der Waals surface area contributed by atoms with Gasteiger partial charge in [0.25, 0.3) is 0 Å². The van der Waals surface area contributed by atoms with E-state index in [-0.39, 0.29) is 18.3 Å². The monoisotopic (exact) mass is 327 g/mol. The van der Waals surface area contributed by atoms with Crippen molar-refractivity contribution in [3.63, 3.8) is 0 Å². The van der Waals surface area contributed by atoms with Crippen LogP contribution >= 0.6 is 0 Å². The average Bonchev–Trinajstić information content (AvgIpc) is 3.11. The van der Waals surface area contributed by atoms with Crippen LogP contribution in [0.3, 0.4) is 0 Å². The summed E-state index contributed by atoms with van der Waals surface area (Å²) in [6, 6.07) is 9.90. The fourth-order valence-corrected chi connectivity index (χ4v) is 2.99. The van der Waals surface area contributed by atoms with Gasteiger partial charge in [0.2, 0.25) is 5.91 Å². The van der Waals surface area contributed by atoms with E-state index in [4.69, 9.17) is 4.74 Å². The van der Waals surface area contributed by atoms with E-state index in [0.29, 0.717) is 13.1 Å². The number of hydrogen-bond acceptors (Lipinski definition) is 4. The third-order valence-corrected chi connectivity index (χ3v) is 4.30. The van der Waals surface area contributed by atoms with Crippen molar-refractivity contribution in [3.05, 3.63) is 42.7 Å². The second kappa shape index (κ2) is 6.47. The molecule has 0 aliphatic carbocycles. The molecule has 1 fully saturated rings. The van der Waals surface area contributed by atoms with Crippen molar-refractivity contribution in [3.8, 4) is 11.4 Å². The maximum atomic E-state index is 12.3. The van der Waals surface area contributed by atoms with E-state index in [9.17, 15) is 9.59 Å². The van der Waals surface area contributed by atoms with Crippen molar-refractivity contribution in [2.24, 2.45) is 5.92 Å². The van der Waals surface area contributed by atoms with Gasteiger partial charge in [0.1, 0.15) is 11.4 Å². The van der Waals surface area contributed by atoms with Gasteiger partial charge in [-0.2, -0.15) is 0 Å². The third kappa shape index (κ3) is 3.32. The number of esters is 1. The van der Waals surface area contributed by atoms with Crippen LogP contribution < -0.4 is 5.32 Å². The zero-order valence-electron chi connectivity index (χ0n) is 13.9. The van der Waals surface area contributed by atoms with E-state index in [1.807, 2.05) is 41.1 Å². The Bertz CT molecular complexity index is 737. The van der Waals surface area contributed by atoms with Crippen molar-refractivity contribution >= 4 is 11.9 Å². The van der Waals surface area contributed by atoms with Crippen LogP contribution in [0.1, 0.15) is 20.3 Å². The van der Waals surface area contributed by atoms with Gasteiger partial charge in [-0.3, -0.25) is 9.59 Å². The number of imidazole rings is 1. The number of aromatic nitrogens is 2. The molecule has 6 heteroatoms. The number of benzene rings is 1. The number of amides is 1. The van der Waals surface area contributed by atoms with E-state index < -0.39 is 11.5 Å². The highest BCUT2D eigenvalue weighted by Crippen LogP contribution is 2.32. The predicted molar refractivity (Wildman–Crippen MR) is 89.0 cm³/mol. The van der Waals surface area contributed by atoms with Gasteiger partial charge in [0.15, 0.2) is 0 Å². The Morgan fingerprint density at radius 3 is 2.79 bits per heavy atom. The normalized spacial score (nSPS) is 19.1. The summed E-state index contributed by atoms with van der Waals surface area (Å²) in [6.45, 7) is 4.62. The van der Waals surface area contributed by atoms with Gasteiger partial charge in [0.05, 0.1) is 12.3 Å². The van der Waals surface area contributed by atoms with Crippen LogP contribution in [0.15, 0.2) is 42.7 Å². The lowest BCUT2D eigenvalue weighted by molar-refractivity contribution is -0.147. The Balaban J connectivity index is 1.59. The molecule has 126 valence electrons. The summed E-state index contributed by atoms with van der Waals surface area (Å²) in [5, 5.41) is 2.90.